The molecule has 1 aliphatic carbocycles. The molecule has 2 aliphatic rings. The summed E-state index contributed by atoms with van der Waals surface area (Å²) < 4.78 is 51.2. The molecule has 5 nitrogen and oxygen atoms in total. The molecule has 8 heteroatoms. The molecule has 1 heterocycles. The van der Waals surface area contributed by atoms with Gasteiger partial charge in [-0.3, -0.25) is 4.79 Å². The Balaban J connectivity index is 1.51. The van der Waals surface area contributed by atoms with Crippen LogP contribution in [0.3, 0.4) is 0 Å². The van der Waals surface area contributed by atoms with E-state index < -0.39 is 26.5 Å². The fraction of sp³-hybridized carbons (Fsp3) is 0.480. The van der Waals surface area contributed by atoms with Crippen molar-refractivity contribution < 1.29 is 27.1 Å². The summed E-state index contributed by atoms with van der Waals surface area (Å²) in [6.07, 6.45) is 2.42. The highest BCUT2D eigenvalue weighted by Crippen LogP contribution is 2.39. The first-order valence-corrected chi connectivity index (χ1v) is 12.8. The summed E-state index contributed by atoms with van der Waals surface area (Å²) in [6, 6.07) is 14.0. The molecule has 1 aliphatic heterocycles. The van der Waals surface area contributed by atoms with Gasteiger partial charge in [0, 0.05) is 25.6 Å². The summed E-state index contributed by atoms with van der Waals surface area (Å²) >= 11 is 0. The fourth-order valence-electron chi connectivity index (χ4n) is 4.57. The first-order chi connectivity index (χ1) is 15.5. The van der Waals surface area contributed by atoms with Crippen molar-refractivity contribution >= 4 is 15.8 Å². The van der Waals surface area contributed by atoms with E-state index in [-0.39, 0.29) is 30.6 Å². The van der Waals surface area contributed by atoms with E-state index in [1.54, 1.807) is 24.3 Å². The van der Waals surface area contributed by atoms with Gasteiger partial charge in [-0.1, -0.05) is 36.4 Å². The molecule has 0 unspecified atom stereocenters. The van der Waals surface area contributed by atoms with Gasteiger partial charge in [-0.2, -0.15) is 0 Å². The zero-order valence-corrected chi connectivity index (χ0v) is 19.5. The number of hydrogen-bond acceptors (Lipinski definition) is 4. The van der Waals surface area contributed by atoms with E-state index in [1.807, 2.05) is 12.1 Å². The third-order valence-corrected chi connectivity index (χ3v) is 9.38. The third-order valence-electron chi connectivity index (χ3n) is 6.88. The molecule has 0 amide bonds. The van der Waals surface area contributed by atoms with Crippen molar-refractivity contribution in [3.63, 3.8) is 0 Å². The minimum atomic E-state index is -4.08. The van der Waals surface area contributed by atoms with Crippen LogP contribution in [-0.2, 0) is 21.1 Å². The summed E-state index contributed by atoms with van der Waals surface area (Å²) in [5.74, 6) is -3.99. The Hall–Kier alpha value is -2.32. The Kier molecular flexibility index (Phi) is 6.35. The van der Waals surface area contributed by atoms with Gasteiger partial charge < -0.3 is 10.0 Å². The molecule has 2 aromatic rings. The van der Waals surface area contributed by atoms with Gasteiger partial charge >= 0.3 is 5.97 Å². The molecule has 33 heavy (non-hydrogen) atoms. The van der Waals surface area contributed by atoms with Crippen molar-refractivity contribution in [2.24, 2.45) is 0 Å². The highest BCUT2D eigenvalue weighted by Gasteiger charge is 2.54. The Morgan fingerprint density at radius 2 is 1.55 bits per heavy atom. The van der Waals surface area contributed by atoms with Crippen LogP contribution in [0, 0.1) is 0 Å². The summed E-state index contributed by atoms with van der Waals surface area (Å²) in [4.78, 5) is 14.4. The number of hydrogen-bond donors (Lipinski definition) is 1. The number of piperidine rings is 1. The molecule has 1 saturated heterocycles. The number of nitrogens with zero attached hydrogens (tertiary/aromatic N) is 1. The molecule has 2 fully saturated rings. The minimum absolute atomic E-state index is 0.00955. The van der Waals surface area contributed by atoms with Crippen LogP contribution >= 0.6 is 0 Å². The smallest absolute Gasteiger partial charge is 0.325 e. The second-order valence-corrected chi connectivity index (χ2v) is 11.6. The molecule has 2 aromatic carbocycles. The van der Waals surface area contributed by atoms with E-state index in [0.29, 0.717) is 19.1 Å². The van der Waals surface area contributed by atoms with Gasteiger partial charge in [0.15, 0.2) is 14.6 Å². The molecule has 1 N–H and O–H groups in total. The lowest BCUT2D eigenvalue weighted by Crippen LogP contribution is -2.54. The summed E-state index contributed by atoms with van der Waals surface area (Å²) in [5.41, 5.74) is 2.41. The van der Waals surface area contributed by atoms with E-state index in [4.69, 9.17) is 0 Å². The van der Waals surface area contributed by atoms with Gasteiger partial charge in [0.25, 0.3) is 0 Å². The number of aliphatic carboxylic acids is 1. The van der Waals surface area contributed by atoms with E-state index >= 15 is 0 Å². The molecule has 0 bridgehead atoms. The van der Waals surface area contributed by atoms with Crippen LogP contribution in [0.5, 0.6) is 0 Å². The number of likely N-dealkylation sites (tertiary alicyclic amines) is 1. The highest BCUT2D eigenvalue weighted by atomic mass is 32.2. The molecule has 4 rings (SSSR count). The van der Waals surface area contributed by atoms with Crippen molar-refractivity contribution in [2.45, 2.75) is 67.1 Å². The van der Waals surface area contributed by atoms with E-state index in [9.17, 15) is 27.1 Å². The van der Waals surface area contributed by atoms with Crippen LogP contribution in [-0.4, -0.2) is 54.2 Å². The average molecular weight is 478 g/mol. The van der Waals surface area contributed by atoms with Crippen molar-refractivity contribution in [2.75, 3.05) is 13.1 Å². The number of aryl methyl sites for hydroxylation is 1. The molecule has 0 aromatic heterocycles. The van der Waals surface area contributed by atoms with Gasteiger partial charge in [-0.15, -0.1) is 0 Å². The second kappa shape index (κ2) is 8.80. The first kappa shape index (κ1) is 23.8. The van der Waals surface area contributed by atoms with Crippen LogP contribution in [0.4, 0.5) is 8.78 Å². The number of halogens is 2. The number of carboxylic acid groups (broad SMARTS) is 1. The Morgan fingerprint density at radius 1 is 1.03 bits per heavy atom. The van der Waals surface area contributed by atoms with Crippen molar-refractivity contribution in [3.05, 3.63) is 54.1 Å². The maximum Gasteiger partial charge on any atom is 0.325 e. The summed E-state index contributed by atoms with van der Waals surface area (Å²) in [6.45, 7) is 1.86. The molecule has 178 valence electrons. The Bertz CT molecular complexity index is 1100. The summed E-state index contributed by atoms with van der Waals surface area (Å²) in [5, 5.41) is 9.93. The lowest BCUT2D eigenvalue weighted by molar-refractivity contribution is -0.141. The SMILES string of the molecule is CC(F)(F)CCc1ccc(-c2ccc(S(=O)(=O)C3(C(=O)O)CCN(C4CC4)CC3)cc2)cc1. The Labute approximate surface area is 193 Å². The molecule has 0 spiro atoms. The van der Waals surface area contributed by atoms with Gasteiger partial charge in [-0.05, 0) is 67.9 Å². The number of carbonyl (C=O) groups is 1. The number of rotatable bonds is 8. The van der Waals surface area contributed by atoms with Crippen LogP contribution in [0.2, 0.25) is 0 Å². The Morgan fingerprint density at radius 3 is 2.00 bits per heavy atom. The third kappa shape index (κ3) is 4.96. The van der Waals surface area contributed by atoms with Crippen LogP contribution in [0.15, 0.2) is 53.4 Å². The quantitative estimate of drug-likeness (QED) is 0.591. The first-order valence-electron chi connectivity index (χ1n) is 11.3. The largest absolute Gasteiger partial charge is 0.480 e. The lowest BCUT2D eigenvalue weighted by Gasteiger charge is -2.38. The average Bonchev–Trinajstić information content (AvgIpc) is 3.63. The molecule has 0 atom stereocenters. The van der Waals surface area contributed by atoms with Gasteiger partial charge in [-0.25, -0.2) is 17.2 Å². The molecule has 1 saturated carbocycles. The molecular weight excluding hydrogens is 448 g/mol. The molecular formula is C25H29F2NO4S. The van der Waals surface area contributed by atoms with Gasteiger partial charge in [0.05, 0.1) is 4.90 Å². The molecule has 0 radical (unpaired) electrons. The lowest BCUT2D eigenvalue weighted by atomic mass is 9.95. The van der Waals surface area contributed by atoms with Gasteiger partial charge in [0.1, 0.15) is 0 Å². The fourth-order valence-corrected chi connectivity index (χ4v) is 6.46. The predicted octanol–water partition coefficient (Wildman–Crippen LogP) is 4.80. The van der Waals surface area contributed by atoms with Crippen molar-refractivity contribution in [3.8, 4) is 11.1 Å². The highest BCUT2D eigenvalue weighted by molar-refractivity contribution is 7.93. The van der Waals surface area contributed by atoms with E-state index in [1.165, 1.54) is 12.1 Å². The topological polar surface area (TPSA) is 74.7 Å². The zero-order chi connectivity index (χ0) is 23.9. The van der Waals surface area contributed by atoms with Gasteiger partial charge in [0.2, 0.25) is 5.92 Å². The van der Waals surface area contributed by atoms with Crippen LogP contribution < -0.4 is 0 Å². The van der Waals surface area contributed by atoms with Crippen molar-refractivity contribution in [1.82, 2.24) is 4.90 Å². The van der Waals surface area contributed by atoms with Crippen LogP contribution in [0.25, 0.3) is 11.1 Å². The maximum atomic E-state index is 13.4. The van der Waals surface area contributed by atoms with E-state index in [0.717, 1.165) is 36.5 Å². The number of sulfone groups is 1. The minimum Gasteiger partial charge on any atom is -0.480 e. The normalized spacial score (nSPS) is 19.4. The van der Waals surface area contributed by atoms with Crippen molar-refractivity contribution in [1.29, 1.82) is 0 Å². The number of benzene rings is 2. The monoisotopic (exact) mass is 477 g/mol. The number of alkyl halides is 2. The zero-order valence-electron chi connectivity index (χ0n) is 18.6. The summed E-state index contributed by atoms with van der Waals surface area (Å²) in [7, 11) is -4.08. The maximum absolute atomic E-state index is 13.4. The second-order valence-electron chi connectivity index (χ2n) is 9.36. The number of carboxylic acids is 1. The standard InChI is InChI=1S/C25H29F2NO4S/c1-24(26,27)13-12-18-2-4-19(5-3-18)20-6-10-22(11-7-20)33(31,32)25(23(29)30)14-16-28(17-15-25)21-8-9-21/h2-7,10-11,21H,8-9,12-17H2,1H3,(H,29,30). The predicted molar refractivity (Wildman–Crippen MR) is 122 cm³/mol. The van der Waals surface area contributed by atoms with E-state index in [2.05, 4.69) is 4.90 Å². The van der Waals surface area contributed by atoms with Crippen LogP contribution in [0.1, 0.15) is 44.6 Å².